The van der Waals surface area contributed by atoms with Gasteiger partial charge in [0.05, 0.1) is 11.2 Å². The minimum atomic E-state index is -0.145. The van der Waals surface area contributed by atoms with Crippen LogP contribution in [0.3, 0.4) is 0 Å². The van der Waals surface area contributed by atoms with Gasteiger partial charge < -0.3 is 9.55 Å². The molecule has 1 N–H and O–H groups in total. The molecular weight excluding hydrogens is 637 g/mol. The summed E-state index contributed by atoms with van der Waals surface area (Å²) in [6.45, 7) is 20.7. The third kappa shape index (κ3) is 4.47. The van der Waals surface area contributed by atoms with E-state index in [1.165, 1.54) is 104 Å². The van der Waals surface area contributed by atoms with Gasteiger partial charge in [-0.25, -0.2) is 0 Å². The molecule has 0 fully saturated rings. The largest absolute Gasteiger partial charge is 0.346 e. The van der Waals surface area contributed by atoms with Crippen molar-refractivity contribution < 1.29 is 0 Å². The molecule has 0 atom stereocenters. The maximum atomic E-state index is 4.59. The van der Waals surface area contributed by atoms with Crippen molar-refractivity contribution >= 4 is 49.2 Å². The number of aromatic nitrogens is 2. The number of benzene rings is 3. The maximum Gasteiger partial charge on any atom is 0.101 e. The van der Waals surface area contributed by atoms with Crippen LogP contribution in [0.5, 0.6) is 0 Å². The Labute approximate surface area is 306 Å². The van der Waals surface area contributed by atoms with Crippen LogP contribution < -0.4 is 0 Å². The molecule has 9 rings (SSSR count). The molecule has 0 aliphatic heterocycles. The third-order valence-electron chi connectivity index (χ3n) is 12.0. The first-order valence-electron chi connectivity index (χ1n) is 18.5. The van der Waals surface area contributed by atoms with Crippen LogP contribution in [0.15, 0.2) is 91.6 Å². The Kier molecular flexibility index (Phi) is 7.28. The van der Waals surface area contributed by atoms with Gasteiger partial charge in [0.2, 0.25) is 0 Å². The van der Waals surface area contributed by atoms with Gasteiger partial charge >= 0.3 is 0 Å². The molecule has 0 saturated heterocycles. The van der Waals surface area contributed by atoms with Gasteiger partial charge in [0.25, 0.3) is 0 Å². The van der Waals surface area contributed by atoms with Gasteiger partial charge in [0, 0.05) is 43.6 Å². The summed E-state index contributed by atoms with van der Waals surface area (Å²) in [7, 11) is 0. The monoisotopic (exact) mass is 682 g/mol. The molecule has 0 saturated carbocycles. The number of nitrogens with zero attached hydrogens (tertiary/aromatic N) is 1. The standard InChI is InChI=1S/C48H46N2S/c1-9-10-11-17-27(2)40-31(6)50(45-28(3)18-14-23-35(40)45)39-26-38-43(32-20-12-13-25-37(32)48(38,7)8)41(30(39)5)33-21-16-22-34-42-36-24-15-19-29(4)46(36)51-47(42)49-44(33)34/h9-14,17-21,23,25-26,49H,2,15-16,22,24H2,1,3-8H3/b10-9-,17-11-. The lowest BCUT2D eigenvalue weighted by atomic mass is 9.79. The average Bonchev–Trinajstić information content (AvgIpc) is 3.82. The quantitative estimate of drug-likeness (QED) is 0.175. The molecule has 0 bridgehead atoms. The highest BCUT2D eigenvalue weighted by molar-refractivity contribution is 7.20. The summed E-state index contributed by atoms with van der Waals surface area (Å²) in [6, 6.07) is 18.4. The van der Waals surface area contributed by atoms with Gasteiger partial charge in [-0.05, 0) is 128 Å². The van der Waals surface area contributed by atoms with Crippen LogP contribution in [0.25, 0.3) is 54.7 Å². The second-order valence-electron chi connectivity index (χ2n) is 15.3. The number of aromatic amines is 1. The minimum absolute atomic E-state index is 0.145. The number of hydrogen-bond acceptors (Lipinski definition) is 1. The van der Waals surface area contributed by atoms with Crippen LogP contribution in [0.1, 0.15) is 101 Å². The van der Waals surface area contributed by atoms with E-state index in [0.717, 1.165) is 31.3 Å². The number of fused-ring (bicyclic) bond motifs is 9. The van der Waals surface area contributed by atoms with E-state index in [1.54, 1.807) is 5.56 Å². The Morgan fingerprint density at radius 3 is 2.51 bits per heavy atom. The molecule has 3 aromatic carbocycles. The summed E-state index contributed by atoms with van der Waals surface area (Å²) in [5.41, 5.74) is 22.6. The predicted octanol–water partition coefficient (Wildman–Crippen LogP) is 13.3. The molecule has 3 heterocycles. The second-order valence-corrected chi connectivity index (χ2v) is 16.4. The van der Waals surface area contributed by atoms with Crippen molar-refractivity contribution in [3.8, 4) is 16.8 Å². The van der Waals surface area contributed by atoms with Gasteiger partial charge in [-0.15, -0.1) is 11.3 Å². The van der Waals surface area contributed by atoms with E-state index in [1.807, 2.05) is 11.3 Å². The number of allylic oxidation sites excluding steroid dienone is 8. The topological polar surface area (TPSA) is 20.7 Å². The van der Waals surface area contributed by atoms with Crippen LogP contribution in [0.4, 0.5) is 0 Å². The molecule has 0 spiro atoms. The van der Waals surface area contributed by atoms with Crippen LogP contribution in [0.2, 0.25) is 0 Å². The molecule has 3 heteroatoms. The fraction of sp³-hybridized carbons (Fsp3) is 0.250. The number of rotatable bonds is 5. The van der Waals surface area contributed by atoms with Gasteiger partial charge in [-0.2, -0.15) is 0 Å². The van der Waals surface area contributed by atoms with Crippen LogP contribution in [-0.2, 0) is 18.3 Å². The number of hydrogen-bond donors (Lipinski definition) is 1. The van der Waals surface area contributed by atoms with Crippen LogP contribution >= 0.6 is 11.3 Å². The minimum Gasteiger partial charge on any atom is -0.346 e. The van der Waals surface area contributed by atoms with Gasteiger partial charge in [0.15, 0.2) is 0 Å². The maximum absolute atomic E-state index is 4.59. The van der Waals surface area contributed by atoms with E-state index in [9.17, 15) is 0 Å². The van der Waals surface area contributed by atoms with Gasteiger partial charge in [0.1, 0.15) is 4.83 Å². The number of nitrogens with one attached hydrogen (secondary N) is 1. The van der Waals surface area contributed by atoms with E-state index in [0.29, 0.717) is 0 Å². The zero-order valence-corrected chi connectivity index (χ0v) is 31.8. The SMILES string of the molecule is C=C(/C=C\C=C/C)c1c(C)n(-c2cc3c(c(C4=CCCc5c4[nH]c4sc6c(c54)CCC=C6C)c2C)-c2ccccc2C3(C)C)c2c(C)cccc12. The lowest BCUT2D eigenvalue weighted by molar-refractivity contribution is 0.659. The molecule has 0 amide bonds. The van der Waals surface area contributed by atoms with Gasteiger partial charge in [-0.3, -0.25) is 0 Å². The van der Waals surface area contributed by atoms with Crippen LogP contribution in [0, 0.1) is 20.8 Å². The van der Waals surface area contributed by atoms with Crippen molar-refractivity contribution in [1.29, 1.82) is 0 Å². The summed E-state index contributed by atoms with van der Waals surface area (Å²) >= 11 is 1.96. The number of para-hydroxylation sites is 1. The molecule has 3 aliphatic carbocycles. The van der Waals surface area contributed by atoms with E-state index < -0.39 is 0 Å². The summed E-state index contributed by atoms with van der Waals surface area (Å²) in [4.78, 5) is 6.88. The number of thiophene rings is 1. The Hall–Kier alpha value is -4.86. The smallest absolute Gasteiger partial charge is 0.101 e. The molecule has 254 valence electrons. The highest BCUT2D eigenvalue weighted by Gasteiger charge is 2.40. The molecule has 6 aromatic rings. The zero-order valence-electron chi connectivity index (χ0n) is 31.0. The highest BCUT2D eigenvalue weighted by atomic mass is 32.1. The van der Waals surface area contributed by atoms with Crippen molar-refractivity contribution in [2.75, 3.05) is 0 Å². The third-order valence-corrected chi connectivity index (χ3v) is 13.3. The zero-order chi connectivity index (χ0) is 35.3. The molecule has 2 nitrogen and oxygen atoms in total. The first-order chi connectivity index (χ1) is 24.6. The van der Waals surface area contributed by atoms with Crippen molar-refractivity contribution in [1.82, 2.24) is 9.55 Å². The molecule has 3 aromatic heterocycles. The molecule has 51 heavy (non-hydrogen) atoms. The van der Waals surface area contributed by atoms with E-state index >= 15 is 0 Å². The summed E-state index contributed by atoms with van der Waals surface area (Å²) in [6.07, 6.45) is 17.7. The summed E-state index contributed by atoms with van der Waals surface area (Å²) < 4.78 is 2.55. The van der Waals surface area contributed by atoms with E-state index in [-0.39, 0.29) is 5.41 Å². The van der Waals surface area contributed by atoms with Crippen molar-refractivity contribution in [2.45, 2.75) is 79.6 Å². The summed E-state index contributed by atoms with van der Waals surface area (Å²) in [5.74, 6) is 0. The summed E-state index contributed by atoms with van der Waals surface area (Å²) in [5, 5.41) is 2.76. The van der Waals surface area contributed by atoms with Gasteiger partial charge in [-0.1, -0.05) is 99.3 Å². The van der Waals surface area contributed by atoms with Crippen molar-refractivity contribution in [3.63, 3.8) is 0 Å². The number of H-pyrrole nitrogens is 1. The fourth-order valence-corrected chi connectivity index (χ4v) is 10.9. The lowest BCUT2D eigenvalue weighted by Crippen LogP contribution is -2.17. The Balaban J connectivity index is 1.36. The Morgan fingerprint density at radius 2 is 1.69 bits per heavy atom. The Bertz CT molecular complexity index is 2610. The molecular formula is C48H46N2S. The van der Waals surface area contributed by atoms with Crippen molar-refractivity contribution in [3.05, 3.63) is 152 Å². The van der Waals surface area contributed by atoms with Crippen molar-refractivity contribution in [2.24, 2.45) is 0 Å². The van der Waals surface area contributed by atoms with Crippen LogP contribution in [-0.4, -0.2) is 9.55 Å². The second kappa shape index (κ2) is 11.6. The van der Waals surface area contributed by atoms with E-state index in [4.69, 9.17) is 0 Å². The Morgan fingerprint density at radius 1 is 0.902 bits per heavy atom. The normalized spacial score (nSPS) is 16.1. The predicted molar refractivity (Wildman–Crippen MR) is 222 cm³/mol. The average molecular weight is 683 g/mol. The molecule has 3 aliphatic rings. The first-order valence-corrected chi connectivity index (χ1v) is 19.4. The molecule has 0 unspecified atom stereocenters. The van der Waals surface area contributed by atoms with E-state index in [2.05, 4.69) is 150 Å². The molecule has 0 radical (unpaired) electrons. The lowest BCUT2D eigenvalue weighted by Gasteiger charge is -2.27. The number of aryl methyl sites for hydroxylation is 3. The first kappa shape index (κ1) is 32.1. The highest BCUT2D eigenvalue weighted by Crippen LogP contribution is 2.55. The fourth-order valence-electron chi connectivity index (χ4n) is 9.64.